The number of halogens is 3. The molecule has 0 saturated heterocycles. The summed E-state index contributed by atoms with van der Waals surface area (Å²) in [6.45, 7) is 2.85. The molecule has 5 heteroatoms. The van der Waals surface area contributed by atoms with Crippen LogP contribution in [0, 0.1) is 5.92 Å². The number of rotatable bonds is 6. The minimum absolute atomic E-state index is 0.189. The van der Waals surface area contributed by atoms with Gasteiger partial charge in [0.1, 0.15) is 0 Å². The van der Waals surface area contributed by atoms with Crippen molar-refractivity contribution < 1.29 is 13.2 Å². The Labute approximate surface area is 107 Å². The predicted molar refractivity (Wildman–Crippen MR) is 65.5 cm³/mol. The maximum absolute atomic E-state index is 12.6. The standard InChI is InChI=1S/C13H23F3N2/c1-2-17-12-5-3-4-10(12)8-18(11-6-7-11)9-13(14,15)16/h10-12,17H,2-9H2,1H3. The lowest BCUT2D eigenvalue weighted by atomic mass is 10.0. The lowest BCUT2D eigenvalue weighted by Gasteiger charge is -2.29. The van der Waals surface area contributed by atoms with E-state index >= 15 is 0 Å². The van der Waals surface area contributed by atoms with E-state index in [9.17, 15) is 13.2 Å². The van der Waals surface area contributed by atoms with E-state index in [1.807, 2.05) is 0 Å². The molecule has 0 spiro atoms. The van der Waals surface area contributed by atoms with E-state index in [4.69, 9.17) is 0 Å². The van der Waals surface area contributed by atoms with Crippen LogP contribution in [0.2, 0.25) is 0 Å². The van der Waals surface area contributed by atoms with Crippen LogP contribution in [0.1, 0.15) is 39.0 Å². The molecule has 1 N–H and O–H groups in total. The summed E-state index contributed by atoms with van der Waals surface area (Å²) in [5.74, 6) is 0.396. The summed E-state index contributed by atoms with van der Waals surface area (Å²) >= 11 is 0. The van der Waals surface area contributed by atoms with Crippen LogP contribution >= 0.6 is 0 Å². The fraction of sp³-hybridized carbons (Fsp3) is 1.00. The molecule has 2 aliphatic rings. The highest BCUT2D eigenvalue weighted by molar-refractivity contribution is 4.91. The van der Waals surface area contributed by atoms with Gasteiger partial charge in [-0.2, -0.15) is 13.2 Å². The van der Waals surface area contributed by atoms with Crippen LogP contribution in [0.15, 0.2) is 0 Å². The van der Waals surface area contributed by atoms with Crippen LogP contribution < -0.4 is 5.32 Å². The first kappa shape index (κ1) is 14.1. The highest BCUT2D eigenvalue weighted by atomic mass is 19.4. The maximum atomic E-state index is 12.6. The quantitative estimate of drug-likeness (QED) is 0.793. The third-order valence-electron chi connectivity index (χ3n) is 4.04. The molecule has 2 atom stereocenters. The molecular weight excluding hydrogens is 241 g/mol. The molecular formula is C13H23F3N2. The summed E-state index contributed by atoms with van der Waals surface area (Å²) in [4.78, 5) is 1.67. The summed E-state index contributed by atoms with van der Waals surface area (Å²) in [5.41, 5.74) is 0. The minimum Gasteiger partial charge on any atom is -0.314 e. The lowest BCUT2D eigenvalue weighted by Crippen LogP contribution is -2.43. The van der Waals surface area contributed by atoms with Gasteiger partial charge < -0.3 is 5.32 Å². The molecule has 0 radical (unpaired) electrons. The Hall–Kier alpha value is -0.290. The van der Waals surface area contributed by atoms with Crippen LogP contribution in [-0.4, -0.2) is 42.8 Å². The van der Waals surface area contributed by atoms with Crippen molar-refractivity contribution in [2.24, 2.45) is 5.92 Å². The molecule has 2 saturated carbocycles. The first-order valence-corrected chi connectivity index (χ1v) is 7.04. The molecule has 2 unspecified atom stereocenters. The summed E-state index contributed by atoms with van der Waals surface area (Å²) in [5, 5.41) is 3.41. The Morgan fingerprint density at radius 3 is 2.44 bits per heavy atom. The van der Waals surface area contributed by atoms with E-state index in [1.165, 1.54) is 0 Å². The van der Waals surface area contributed by atoms with Gasteiger partial charge in [-0.3, -0.25) is 4.90 Å². The fourth-order valence-corrected chi connectivity index (χ4v) is 3.10. The molecule has 2 nitrogen and oxygen atoms in total. The zero-order valence-corrected chi connectivity index (χ0v) is 11.0. The van der Waals surface area contributed by atoms with E-state index in [1.54, 1.807) is 4.90 Å². The molecule has 0 aromatic rings. The van der Waals surface area contributed by atoms with Crippen molar-refractivity contribution in [3.63, 3.8) is 0 Å². The van der Waals surface area contributed by atoms with Gasteiger partial charge in [-0.15, -0.1) is 0 Å². The van der Waals surface area contributed by atoms with Gasteiger partial charge in [-0.1, -0.05) is 13.3 Å². The summed E-state index contributed by atoms with van der Waals surface area (Å²) in [6, 6.07) is 0.610. The smallest absolute Gasteiger partial charge is 0.314 e. The lowest BCUT2D eigenvalue weighted by molar-refractivity contribution is -0.148. The van der Waals surface area contributed by atoms with Crippen molar-refractivity contribution in [2.45, 2.75) is 57.3 Å². The highest BCUT2D eigenvalue weighted by Crippen LogP contribution is 2.34. The Morgan fingerprint density at radius 2 is 1.89 bits per heavy atom. The zero-order valence-electron chi connectivity index (χ0n) is 11.0. The van der Waals surface area contributed by atoms with E-state index in [0.717, 1.165) is 38.6 Å². The number of nitrogens with one attached hydrogen (secondary N) is 1. The molecule has 0 aliphatic heterocycles. The highest BCUT2D eigenvalue weighted by Gasteiger charge is 2.40. The molecule has 18 heavy (non-hydrogen) atoms. The largest absolute Gasteiger partial charge is 0.401 e. The number of alkyl halides is 3. The second kappa shape index (κ2) is 5.78. The molecule has 0 aromatic carbocycles. The third-order valence-corrected chi connectivity index (χ3v) is 4.04. The number of nitrogens with zero attached hydrogens (tertiary/aromatic N) is 1. The number of hydrogen-bond acceptors (Lipinski definition) is 2. The van der Waals surface area contributed by atoms with Crippen LogP contribution in [0.5, 0.6) is 0 Å². The van der Waals surface area contributed by atoms with Gasteiger partial charge in [0.25, 0.3) is 0 Å². The zero-order chi connectivity index (χ0) is 13.2. The van der Waals surface area contributed by atoms with Crippen molar-refractivity contribution in [2.75, 3.05) is 19.6 Å². The van der Waals surface area contributed by atoms with Crippen molar-refractivity contribution in [1.82, 2.24) is 10.2 Å². The third kappa shape index (κ3) is 4.12. The summed E-state index contributed by atoms with van der Waals surface area (Å²) in [6.07, 6.45) is 1.15. The van der Waals surface area contributed by atoms with Gasteiger partial charge >= 0.3 is 6.18 Å². The molecule has 0 bridgehead atoms. The number of hydrogen-bond donors (Lipinski definition) is 1. The van der Waals surface area contributed by atoms with Gasteiger partial charge in [-0.25, -0.2) is 0 Å². The fourth-order valence-electron chi connectivity index (χ4n) is 3.10. The van der Waals surface area contributed by atoms with E-state index < -0.39 is 12.7 Å². The molecule has 2 rings (SSSR count). The van der Waals surface area contributed by atoms with Gasteiger partial charge in [0, 0.05) is 18.6 Å². The van der Waals surface area contributed by atoms with Gasteiger partial charge in [-0.05, 0) is 38.1 Å². The Morgan fingerprint density at radius 1 is 1.17 bits per heavy atom. The molecule has 0 aromatic heterocycles. The minimum atomic E-state index is -4.06. The Balaban J connectivity index is 1.87. The van der Waals surface area contributed by atoms with Crippen molar-refractivity contribution >= 4 is 0 Å². The monoisotopic (exact) mass is 264 g/mol. The van der Waals surface area contributed by atoms with E-state index in [0.29, 0.717) is 18.5 Å². The van der Waals surface area contributed by atoms with Crippen LogP contribution in [0.4, 0.5) is 13.2 Å². The van der Waals surface area contributed by atoms with E-state index in [2.05, 4.69) is 12.2 Å². The van der Waals surface area contributed by atoms with Crippen LogP contribution in [-0.2, 0) is 0 Å². The second-order valence-electron chi connectivity index (χ2n) is 5.63. The summed E-state index contributed by atoms with van der Waals surface area (Å²) < 4.78 is 37.7. The van der Waals surface area contributed by atoms with Crippen molar-refractivity contribution in [1.29, 1.82) is 0 Å². The Kier molecular flexibility index (Phi) is 4.54. The topological polar surface area (TPSA) is 15.3 Å². The maximum Gasteiger partial charge on any atom is 0.401 e. The average molecular weight is 264 g/mol. The normalized spacial score (nSPS) is 29.2. The van der Waals surface area contributed by atoms with Crippen molar-refractivity contribution in [3.8, 4) is 0 Å². The first-order chi connectivity index (χ1) is 8.49. The SMILES string of the molecule is CCNC1CCCC1CN(CC(F)(F)F)C1CC1. The molecule has 0 amide bonds. The second-order valence-corrected chi connectivity index (χ2v) is 5.63. The van der Waals surface area contributed by atoms with Gasteiger partial charge in [0.05, 0.1) is 6.54 Å². The Bertz CT molecular complexity index is 263. The van der Waals surface area contributed by atoms with Crippen LogP contribution in [0.25, 0.3) is 0 Å². The average Bonchev–Trinajstić information content (AvgIpc) is 3.01. The predicted octanol–water partition coefficient (Wildman–Crippen LogP) is 2.79. The van der Waals surface area contributed by atoms with Crippen LogP contribution in [0.3, 0.4) is 0 Å². The van der Waals surface area contributed by atoms with Gasteiger partial charge in [0.15, 0.2) is 0 Å². The molecule has 2 aliphatic carbocycles. The first-order valence-electron chi connectivity index (χ1n) is 7.04. The molecule has 0 heterocycles. The summed E-state index contributed by atoms with van der Waals surface area (Å²) in [7, 11) is 0. The van der Waals surface area contributed by atoms with E-state index in [-0.39, 0.29) is 6.04 Å². The molecule has 2 fully saturated rings. The van der Waals surface area contributed by atoms with Crippen molar-refractivity contribution in [3.05, 3.63) is 0 Å². The molecule has 106 valence electrons. The van der Waals surface area contributed by atoms with Gasteiger partial charge in [0.2, 0.25) is 0 Å².